The lowest BCUT2D eigenvalue weighted by Crippen LogP contribution is -2.24. The largest absolute Gasteiger partial charge is 0.476 e. The van der Waals surface area contributed by atoms with Gasteiger partial charge in [0.25, 0.3) is 0 Å². The molecule has 3 heterocycles. The van der Waals surface area contributed by atoms with Crippen molar-refractivity contribution >= 4 is 21.9 Å². The molecule has 0 amide bonds. The molecule has 1 aromatic heterocycles. The lowest BCUT2D eigenvalue weighted by atomic mass is 9.75. The van der Waals surface area contributed by atoms with Gasteiger partial charge in [0.2, 0.25) is 0 Å². The smallest absolute Gasteiger partial charge is 0.356 e. The summed E-state index contributed by atoms with van der Waals surface area (Å²) >= 11 is 3.47. The van der Waals surface area contributed by atoms with Crippen molar-refractivity contribution in [1.82, 2.24) is 9.55 Å². The highest BCUT2D eigenvalue weighted by molar-refractivity contribution is 9.10. The molecule has 1 saturated carbocycles. The molecule has 2 aliphatic heterocycles. The van der Waals surface area contributed by atoms with Gasteiger partial charge in [0.15, 0.2) is 5.69 Å². The fraction of sp³-hybridized carbons (Fsp3) is 0.333. The summed E-state index contributed by atoms with van der Waals surface area (Å²) in [7, 11) is 0. The average molecular weight is 349 g/mol. The molecule has 1 aliphatic carbocycles. The summed E-state index contributed by atoms with van der Waals surface area (Å²) in [5, 5.41) is 18.9. The summed E-state index contributed by atoms with van der Waals surface area (Å²) in [6.07, 6.45) is 1.95. The Morgan fingerprint density at radius 2 is 2.19 bits per heavy atom. The predicted molar refractivity (Wildman–Crippen MR) is 79.3 cm³/mol. The fourth-order valence-corrected chi connectivity index (χ4v) is 3.86. The molecule has 0 radical (unpaired) electrons. The van der Waals surface area contributed by atoms with Crippen LogP contribution in [0.3, 0.4) is 0 Å². The van der Waals surface area contributed by atoms with Gasteiger partial charge in [0.1, 0.15) is 5.82 Å². The van der Waals surface area contributed by atoms with Crippen molar-refractivity contribution in [3.8, 4) is 11.4 Å². The maximum absolute atomic E-state index is 11.4. The van der Waals surface area contributed by atoms with Crippen LogP contribution in [-0.2, 0) is 6.61 Å². The van der Waals surface area contributed by atoms with Crippen molar-refractivity contribution in [3.05, 3.63) is 39.6 Å². The predicted octanol–water partition coefficient (Wildman–Crippen LogP) is 2.94. The molecule has 108 valence electrons. The lowest BCUT2D eigenvalue weighted by molar-refractivity contribution is 0.0686. The summed E-state index contributed by atoms with van der Waals surface area (Å²) < 4.78 is 2.87. The number of aromatic carboxylic acids is 1. The normalized spacial score (nSPS) is 22.0. The average Bonchev–Trinajstić information content (AvgIpc) is 2.67. The second-order valence-corrected chi connectivity index (χ2v) is 6.53. The topological polar surface area (TPSA) is 75.3 Å². The number of aliphatic hydroxyl groups excluding tert-OH is 1. The number of halogens is 1. The van der Waals surface area contributed by atoms with Gasteiger partial charge in [0, 0.05) is 16.1 Å². The van der Waals surface area contributed by atoms with Crippen LogP contribution >= 0.6 is 15.9 Å². The number of rotatable bonds is 2. The Bertz CT molecular complexity index is 763. The molecule has 0 saturated heterocycles. The lowest BCUT2D eigenvalue weighted by Gasteiger charge is -2.35. The highest BCUT2D eigenvalue weighted by Gasteiger charge is 2.41. The van der Waals surface area contributed by atoms with Gasteiger partial charge in [-0.1, -0.05) is 22.0 Å². The number of carboxylic acids is 1. The van der Waals surface area contributed by atoms with Gasteiger partial charge in [-0.25, -0.2) is 9.78 Å². The van der Waals surface area contributed by atoms with Gasteiger partial charge in [-0.3, -0.25) is 0 Å². The van der Waals surface area contributed by atoms with Gasteiger partial charge >= 0.3 is 5.97 Å². The van der Waals surface area contributed by atoms with E-state index in [9.17, 15) is 15.0 Å². The second kappa shape index (κ2) is 4.42. The number of hydrogen-bond acceptors (Lipinski definition) is 3. The number of carbonyl (C=O) groups is 1. The van der Waals surface area contributed by atoms with E-state index < -0.39 is 5.97 Å². The van der Waals surface area contributed by atoms with Crippen LogP contribution in [0, 0.1) is 0 Å². The standard InChI is InChI=1S/C15H13BrN2O3/c16-8-1-2-10-7-3-9(4-7)18-12(6-19)13(15(20)21)17-14(18)11(10)5-8/h1-2,5,7,9,19H,3-4,6H2,(H,20,21). The maximum atomic E-state index is 11.4. The van der Waals surface area contributed by atoms with E-state index in [2.05, 4.69) is 27.0 Å². The highest BCUT2D eigenvalue weighted by atomic mass is 79.9. The molecule has 2 aromatic rings. The molecule has 0 spiro atoms. The molecule has 0 unspecified atom stereocenters. The van der Waals surface area contributed by atoms with E-state index in [0.717, 1.165) is 22.9 Å². The van der Waals surface area contributed by atoms with Gasteiger partial charge < -0.3 is 14.8 Å². The van der Waals surface area contributed by atoms with Crippen LogP contribution in [0.5, 0.6) is 0 Å². The first-order valence-corrected chi connectivity index (χ1v) is 7.64. The fourth-order valence-electron chi connectivity index (χ4n) is 3.50. The summed E-state index contributed by atoms with van der Waals surface area (Å²) in [6.45, 7) is -0.306. The van der Waals surface area contributed by atoms with Crippen molar-refractivity contribution < 1.29 is 15.0 Å². The summed E-state index contributed by atoms with van der Waals surface area (Å²) in [5.74, 6) is 0.0735. The van der Waals surface area contributed by atoms with E-state index >= 15 is 0 Å². The number of imidazole rings is 1. The number of benzene rings is 1. The number of aliphatic hydroxyl groups is 1. The molecule has 5 nitrogen and oxygen atoms in total. The number of nitrogens with zero attached hydrogens (tertiary/aromatic N) is 2. The Morgan fingerprint density at radius 1 is 1.43 bits per heavy atom. The first-order valence-electron chi connectivity index (χ1n) is 6.85. The summed E-state index contributed by atoms with van der Waals surface area (Å²) in [6, 6.07) is 6.32. The third kappa shape index (κ3) is 1.72. The van der Waals surface area contributed by atoms with Crippen LogP contribution in [0.25, 0.3) is 11.4 Å². The van der Waals surface area contributed by atoms with Crippen molar-refractivity contribution in [2.24, 2.45) is 0 Å². The SMILES string of the molecule is O=C(O)c1nc2n(c1CO)C1CC(C1)c1ccc(Br)cc1-2. The van der Waals surface area contributed by atoms with Crippen molar-refractivity contribution in [2.75, 3.05) is 0 Å². The zero-order valence-electron chi connectivity index (χ0n) is 11.1. The minimum Gasteiger partial charge on any atom is -0.476 e. The van der Waals surface area contributed by atoms with Crippen LogP contribution < -0.4 is 0 Å². The van der Waals surface area contributed by atoms with Crippen molar-refractivity contribution in [3.63, 3.8) is 0 Å². The maximum Gasteiger partial charge on any atom is 0.356 e. The van der Waals surface area contributed by atoms with Crippen LogP contribution in [0.2, 0.25) is 0 Å². The van der Waals surface area contributed by atoms with Crippen LogP contribution in [-0.4, -0.2) is 25.7 Å². The minimum absolute atomic E-state index is 0.0382. The molecule has 21 heavy (non-hydrogen) atoms. The molecular formula is C15H13BrN2O3. The van der Waals surface area contributed by atoms with Crippen LogP contribution in [0.1, 0.15) is 46.5 Å². The van der Waals surface area contributed by atoms with Gasteiger partial charge in [-0.05, 0) is 36.5 Å². The number of hydrogen-bond donors (Lipinski definition) is 2. The van der Waals surface area contributed by atoms with E-state index in [1.165, 1.54) is 5.56 Å². The number of carboxylic acid groups (broad SMARTS) is 1. The molecule has 2 N–H and O–H groups in total. The third-order valence-electron chi connectivity index (χ3n) is 4.54. The monoisotopic (exact) mass is 348 g/mol. The molecule has 5 rings (SSSR count). The Balaban J connectivity index is 2.05. The van der Waals surface area contributed by atoms with E-state index in [-0.39, 0.29) is 18.3 Å². The van der Waals surface area contributed by atoms with E-state index in [0.29, 0.717) is 17.4 Å². The van der Waals surface area contributed by atoms with Crippen LogP contribution in [0.4, 0.5) is 0 Å². The quantitative estimate of drug-likeness (QED) is 0.874. The first-order chi connectivity index (χ1) is 10.1. The van der Waals surface area contributed by atoms with Gasteiger partial charge in [-0.15, -0.1) is 0 Å². The van der Waals surface area contributed by atoms with Crippen molar-refractivity contribution in [2.45, 2.75) is 31.4 Å². The second-order valence-electron chi connectivity index (χ2n) is 5.62. The van der Waals surface area contributed by atoms with Crippen LogP contribution in [0.15, 0.2) is 22.7 Å². The van der Waals surface area contributed by atoms with E-state index in [1.54, 1.807) is 0 Å². The molecule has 1 fully saturated rings. The molecule has 0 atom stereocenters. The molecule has 6 heteroatoms. The van der Waals surface area contributed by atoms with E-state index in [4.69, 9.17) is 0 Å². The molecular weight excluding hydrogens is 336 g/mol. The zero-order chi connectivity index (χ0) is 14.7. The summed E-state index contributed by atoms with van der Waals surface area (Å²) in [4.78, 5) is 15.7. The Hall–Kier alpha value is -1.66. The van der Waals surface area contributed by atoms with Gasteiger partial charge in [-0.2, -0.15) is 0 Å². The zero-order valence-corrected chi connectivity index (χ0v) is 12.7. The molecule has 2 bridgehead atoms. The third-order valence-corrected chi connectivity index (χ3v) is 5.03. The first kappa shape index (κ1) is 13.0. The van der Waals surface area contributed by atoms with Gasteiger partial charge in [0.05, 0.1) is 12.3 Å². The summed E-state index contributed by atoms with van der Waals surface area (Å²) in [5.41, 5.74) is 2.56. The molecule has 3 aliphatic rings. The molecule has 1 aromatic carbocycles. The van der Waals surface area contributed by atoms with Crippen molar-refractivity contribution in [1.29, 1.82) is 0 Å². The van der Waals surface area contributed by atoms with E-state index in [1.807, 2.05) is 16.7 Å². The minimum atomic E-state index is -1.09. The number of aromatic nitrogens is 2. The highest BCUT2D eigenvalue weighted by Crippen LogP contribution is 2.53. The Morgan fingerprint density at radius 3 is 2.86 bits per heavy atom. The Labute approximate surface area is 129 Å². The Kier molecular flexibility index (Phi) is 2.74.